The zero-order valence-electron chi connectivity index (χ0n) is 19.6. The Morgan fingerprint density at radius 3 is 2.21 bits per heavy atom. The largest absolute Gasteiger partial charge is 0.256 e. The molecule has 0 N–H and O–H groups in total. The molecule has 2 aromatic heterocycles. The van der Waals surface area contributed by atoms with Crippen LogP contribution in [0, 0.1) is 16.2 Å². The number of aromatic nitrogens is 3. The van der Waals surface area contributed by atoms with Crippen LogP contribution in [0.25, 0.3) is 33.4 Å². The van der Waals surface area contributed by atoms with E-state index in [1.807, 2.05) is 6.20 Å². The molecule has 3 saturated carbocycles. The number of pyridine rings is 1. The van der Waals surface area contributed by atoms with E-state index in [1.54, 1.807) is 0 Å². The molecule has 0 saturated heterocycles. The van der Waals surface area contributed by atoms with Crippen LogP contribution in [-0.2, 0) is 10.8 Å². The van der Waals surface area contributed by atoms with Crippen molar-refractivity contribution in [2.75, 3.05) is 0 Å². The van der Waals surface area contributed by atoms with Crippen LogP contribution in [0.15, 0.2) is 67.0 Å². The van der Waals surface area contributed by atoms with Crippen molar-refractivity contribution in [3.05, 3.63) is 78.2 Å². The Morgan fingerprint density at radius 2 is 1.42 bits per heavy atom. The summed E-state index contributed by atoms with van der Waals surface area (Å²) in [7, 11) is 0. The van der Waals surface area contributed by atoms with Crippen LogP contribution in [-0.4, -0.2) is 15.0 Å². The minimum absolute atomic E-state index is 0.189. The van der Waals surface area contributed by atoms with Crippen LogP contribution in [0.1, 0.15) is 51.8 Å². The van der Waals surface area contributed by atoms with Crippen molar-refractivity contribution in [1.29, 1.82) is 0 Å². The molecule has 8 rings (SSSR count). The first-order valence-electron chi connectivity index (χ1n) is 12.1. The summed E-state index contributed by atoms with van der Waals surface area (Å²) in [5.74, 6) is 0.842. The Hall–Kier alpha value is -3.07. The monoisotopic (exact) mass is 429 g/mol. The molecule has 162 valence electrons. The van der Waals surface area contributed by atoms with Crippen LogP contribution < -0.4 is 0 Å². The number of rotatable bonds is 2. The van der Waals surface area contributed by atoms with Crippen molar-refractivity contribution in [3.63, 3.8) is 0 Å². The maximum atomic E-state index is 5.29. The van der Waals surface area contributed by atoms with Gasteiger partial charge in [0.05, 0.1) is 11.4 Å². The third-order valence-electron chi connectivity index (χ3n) is 10.8. The second-order valence-corrected chi connectivity index (χ2v) is 11.9. The highest BCUT2D eigenvalue weighted by atomic mass is 15.1. The highest BCUT2D eigenvalue weighted by Gasteiger charge is 3.06. The average Bonchev–Trinajstić information content (AvgIpc) is 3.07. The summed E-state index contributed by atoms with van der Waals surface area (Å²) < 4.78 is 0. The molecular formula is C30H27N3. The molecule has 2 aromatic carbocycles. The molecule has 33 heavy (non-hydrogen) atoms. The van der Waals surface area contributed by atoms with Crippen LogP contribution in [0.5, 0.6) is 0 Å². The van der Waals surface area contributed by atoms with E-state index in [-0.39, 0.29) is 10.8 Å². The quantitative estimate of drug-likeness (QED) is 0.355. The fourth-order valence-corrected chi connectivity index (χ4v) is 10.2. The number of nitrogens with zero attached hydrogens (tertiary/aromatic N) is 3. The Bertz CT molecular complexity index is 1550. The minimum Gasteiger partial charge on any atom is -0.256 e. The summed E-state index contributed by atoms with van der Waals surface area (Å²) in [6.45, 7) is 10.0. The fourth-order valence-electron chi connectivity index (χ4n) is 10.2. The Balaban J connectivity index is 1.24. The molecule has 0 radical (unpaired) electrons. The van der Waals surface area contributed by atoms with Gasteiger partial charge < -0.3 is 0 Å². The van der Waals surface area contributed by atoms with Gasteiger partial charge in [0.25, 0.3) is 0 Å². The van der Waals surface area contributed by atoms with Crippen LogP contribution in [0.4, 0.5) is 0 Å². The molecule has 0 bridgehead atoms. The minimum atomic E-state index is 0.189. The van der Waals surface area contributed by atoms with E-state index >= 15 is 0 Å². The highest BCUT2D eigenvalue weighted by Crippen LogP contribution is 3.09. The molecule has 0 amide bonds. The van der Waals surface area contributed by atoms with E-state index in [9.17, 15) is 0 Å². The molecule has 5 atom stereocenters. The molecule has 3 heteroatoms. The van der Waals surface area contributed by atoms with E-state index in [1.165, 1.54) is 29.5 Å². The first kappa shape index (κ1) is 18.4. The van der Waals surface area contributed by atoms with Crippen LogP contribution in [0.2, 0.25) is 0 Å². The smallest absolute Gasteiger partial charge is 0.159 e. The zero-order chi connectivity index (χ0) is 22.4. The molecule has 3 nitrogen and oxygen atoms in total. The predicted molar refractivity (Wildman–Crippen MR) is 131 cm³/mol. The number of fused-ring (bicyclic) bond motifs is 5. The summed E-state index contributed by atoms with van der Waals surface area (Å²) in [5, 5.41) is 2.37. The highest BCUT2D eigenvalue weighted by molar-refractivity contribution is 5.85. The average molecular weight is 430 g/mol. The van der Waals surface area contributed by atoms with Gasteiger partial charge in [-0.15, -0.1) is 0 Å². The lowest BCUT2D eigenvalue weighted by atomic mass is 9.45. The van der Waals surface area contributed by atoms with Gasteiger partial charge in [0, 0.05) is 45.2 Å². The number of hydrogen-bond donors (Lipinski definition) is 0. The SMILES string of the molecule is CC12CC3(C)C4(C)CC(C)(c5nc(-c6cccc(-c7cc8ccccc8cn7)c6)ncc51)C234. The normalized spacial score (nSPS) is 38.7. The van der Waals surface area contributed by atoms with E-state index in [2.05, 4.69) is 88.5 Å². The van der Waals surface area contributed by atoms with E-state index in [4.69, 9.17) is 15.0 Å². The van der Waals surface area contributed by atoms with Gasteiger partial charge in [0.1, 0.15) is 0 Å². The maximum absolute atomic E-state index is 5.29. The predicted octanol–water partition coefficient (Wildman–Crippen LogP) is 6.71. The molecular weight excluding hydrogens is 402 g/mol. The summed E-state index contributed by atoms with van der Waals surface area (Å²) in [5.41, 5.74) is 7.67. The number of hydrogen-bond acceptors (Lipinski definition) is 3. The van der Waals surface area contributed by atoms with Crippen molar-refractivity contribution >= 4 is 10.8 Å². The summed E-state index contributed by atoms with van der Waals surface area (Å²) in [6, 6.07) is 19.1. The Morgan fingerprint density at radius 1 is 0.697 bits per heavy atom. The van der Waals surface area contributed by atoms with Crippen molar-refractivity contribution in [2.45, 2.75) is 51.4 Å². The fraction of sp³-hybridized carbons (Fsp3) is 0.367. The van der Waals surface area contributed by atoms with E-state index in [0.717, 1.165) is 28.0 Å². The molecule has 1 spiro atoms. The topological polar surface area (TPSA) is 38.7 Å². The zero-order valence-corrected chi connectivity index (χ0v) is 19.6. The molecule has 4 aliphatic rings. The van der Waals surface area contributed by atoms with Gasteiger partial charge in [-0.05, 0) is 46.8 Å². The van der Waals surface area contributed by atoms with Crippen molar-refractivity contribution in [3.8, 4) is 22.6 Å². The molecule has 5 unspecified atom stereocenters. The van der Waals surface area contributed by atoms with Gasteiger partial charge in [0.2, 0.25) is 0 Å². The van der Waals surface area contributed by atoms with E-state index < -0.39 is 0 Å². The van der Waals surface area contributed by atoms with Gasteiger partial charge in [-0.2, -0.15) is 0 Å². The van der Waals surface area contributed by atoms with Crippen LogP contribution >= 0.6 is 0 Å². The lowest BCUT2D eigenvalue weighted by Gasteiger charge is -2.57. The third-order valence-corrected chi connectivity index (χ3v) is 10.8. The summed E-state index contributed by atoms with van der Waals surface area (Å²) in [6.07, 6.45) is 6.66. The lowest BCUT2D eigenvalue weighted by Crippen LogP contribution is -2.57. The lowest BCUT2D eigenvalue weighted by molar-refractivity contribution is -0.0358. The van der Waals surface area contributed by atoms with Crippen molar-refractivity contribution in [1.82, 2.24) is 15.0 Å². The van der Waals surface area contributed by atoms with Gasteiger partial charge >= 0.3 is 0 Å². The van der Waals surface area contributed by atoms with Gasteiger partial charge in [-0.3, -0.25) is 4.98 Å². The van der Waals surface area contributed by atoms with E-state index in [0.29, 0.717) is 16.2 Å². The Kier molecular flexibility index (Phi) is 2.80. The van der Waals surface area contributed by atoms with Crippen molar-refractivity contribution < 1.29 is 0 Å². The van der Waals surface area contributed by atoms with Crippen LogP contribution in [0.3, 0.4) is 0 Å². The second-order valence-electron chi connectivity index (χ2n) is 11.9. The maximum Gasteiger partial charge on any atom is 0.159 e. The molecule has 4 aromatic rings. The summed E-state index contributed by atoms with van der Waals surface area (Å²) >= 11 is 0. The molecule has 4 aliphatic carbocycles. The first-order valence-corrected chi connectivity index (χ1v) is 12.1. The molecule has 3 fully saturated rings. The Labute approximate surface area is 194 Å². The van der Waals surface area contributed by atoms with Gasteiger partial charge in [-0.1, -0.05) is 70.2 Å². The molecule has 0 aliphatic heterocycles. The number of benzene rings is 2. The molecule has 2 heterocycles. The van der Waals surface area contributed by atoms with Gasteiger partial charge in [-0.25, -0.2) is 9.97 Å². The second kappa shape index (κ2) is 5.04. The first-order chi connectivity index (χ1) is 15.8. The third kappa shape index (κ3) is 1.59. The standard InChI is InChI=1S/C30H27N3/c1-26-16-28(3)29(4)17-27(2,30(26,28)29)24-22(26)15-32-25(33-24)20-11-7-10-19(12-20)23-13-18-8-5-6-9-21(18)14-31-23/h5-15H,16-17H2,1-4H3. The summed E-state index contributed by atoms with van der Waals surface area (Å²) in [4.78, 5) is 14.9. The van der Waals surface area contributed by atoms with Crippen molar-refractivity contribution in [2.24, 2.45) is 16.2 Å². The van der Waals surface area contributed by atoms with Gasteiger partial charge in [0.15, 0.2) is 5.82 Å².